The summed E-state index contributed by atoms with van der Waals surface area (Å²) in [4.78, 5) is 59.5. The van der Waals surface area contributed by atoms with Crippen LogP contribution in [0.4, 0.5) is 0 Å². The number of aromatic amines is 1. The van der Waals surface area contributed by atoms with Crippen molar-refractivity contribution in [3.8, 4) is 0 Å². The lowest BCUT2D eigenvalue weighted by Gasteiger charge is -2.24. The molecule has 13 heteroatoms. The molecule has 4 rings (SSSR count). The average Bonchev–Trinajstić information content (AvgIpc) is 3.42. The van der Waals surface area contributed by atoms with E-state index in [1.54, 1.807) is 18.3 Å². The van der Waals surface area contributed by atoms with Gasteiger partial charge in [0.15, 0.2) is 5.96 Å². The van der Waals surface area contributed by atoms with E-state index in [4.69, 9.17) is 17.2 Å². The number of nitrogens with two attached hydrogens (primary N) is 3. The van der Waals surface area contributed by atoms with Gasteiger partial charge in [0.2, 0.25) is 17.7 Å². The van der Waals surface area contributed by atoms with Gasteiger partial charge in [-0.15, -0.1) is 0 Å². The van der Waals surface area contributed by atoms with Crippen LogP contribution in [0.25, 0.3) is 21.7 Å². The van der Waals surface area contributed by atoms with Gasteiger partial charge in [-0.1, -0.05) is 48.5 Å². The Kier molecular flexibility index (Phi) is 10.8. The van der Waals surface area contributed by atoms with Crippen LogP contribution in [0, 0.1) is 0 Å². The summed E-state index contributed by atoms with van der Waals surface area (Å²) >= 11 is 4.11. The number of nitrogens with zero attached hydrogens (tertiary/aromatic N) is 1. The molecule has 0 aliphatic carbocycles. The molecule has 1 aromatic heterocycles. The van der Waals surface area contributed by atoms with Gasteiger partial charge in [-0.25, -0.2) is 0 Å². The van der Waals surface area contributed by atoms with Crippen molar-refractivity contribution in [1.29, 1.82) is 0 Å². The first-order chi connectivity index (χ1) is 21.2. The van der Waals surface area contributed by atoms with Gasteiger partial charge >= 0.3 is 0 Å². The van der Waals surface area contributed by atoms with Gasteiger partial charge in [0.05, 0.1) is 0 Å². The molecule has 12 nitrogen and oxygen atoms in total. The molecule has 0 aliphatic heterocycles. The topological polar surface area (TPSA) is 211 Å². The molecular weight excluding hydrogens is 580 g/mol. The molecule has 0 saturated heterocycles. The Morgan fingerprint density at radius 3 is 2.23 bits per heavy atom. The summed E-state index contributed by atoms with van der Waals surface area (Å²) in [5, 5.41) is 10.9. The first-order valence-corrected chi connectivity index (χ1v) is 14.7. The van der Waals surface area contributed by atoms with E-state index in [2.05, 4.69) is 38.6 Å². The maximum Gasteiger partial charge on any atom is 0.251 e. The Bertz CT molecular complexity index is 1680. The van der Waals surface area contributed by atoms with E-state index in [1.165, 1.54) is 0 Å². The van der Waals surface area contributed by atoms with Gasteiger partial charge < -0.3 is 38.1 Å². The van der Waals surface area contributed by atoms with E-state index in [-0.39, 0.29) is 31.1 Å². The SMILES string of the molecule is NC(=O)[C@H](CS)NC(=O)[C@H](Cc1c[nH]c2ccccc12)NC(=O)[C@H](CCCN=C(N)N)NC(=O)c1ccc2ccccc2c1. The van der Waals surface area contributed by atoms with Crippen LogP contribution >= 0.6 is 12.6 Å². The van der Waals surface area contributed by atoms with Crippen LogP contribution in [-0.4, -0.2) is 65.0 Å². The zero-order valence-electron chi connectivity index (χ0n) is 24.0. The summed E-state index contributed by atoms with van der Waals surface area (Å²) in [7, 11) is 0. The highest BCUT2D eigenvalue weighted by molar-refractivity contribution is 7.80. The summed E-state index contributed by atoms with van der Waals surface area (Å²) in [6.07, 6.45) is 2.41. The third kappa shape index (κ3) is 8.28. The van der Waals surface area contributed by atoms with Crippen molar-refractivity contribution in [1.82, 2.24) is 20.9 Å². The number of carbonyl (C=O) groups is 4. The lowest BCUT2D eigenvalue weighted by Crippen LogP contribution is -2.57. The second-order valence-electron chi connectivity index (χ2n) is 10.3. The molecule has 4 amide bonds. The number of amides is 4. The molecule has 230 valence electrons. The van der Waals surface area contributed by atoms with Crippen LogP contribution in [0.3, 0.4) is 0 Å². The Morgan fingerprint density at radius 2 is 1.50 bits per heavy atom. The number of H-pyrrole nitrogens is 1. The second kappa shape index (κ2) is 14.9. The van der Waals surface area contributed by atoms with Crippen LogP contribution in [0.1, 0.15) is 28.8 Å². The normalized spacial score (nSPS) is 13.0. The van der Waals surface area contributed by atoms with Crippen LogP contribution in [0.2, 0.25) is 0 Å². The molecule has 0 spiro atoms. The van der Waals surface area contributed by atoms with Crippen molar-refractivity contribution in [2.45, 2.75) is 37.4 Å². The highest BCUT2D eigenvalue weighted by atomic mass is 32.1. The second-order valence-corrected chi connectivity index (χ2v) is 10.7. The number of aromatic nitrogens is 1. The van der Waals surface area contributed by atoms with Crippen molar-refractivity contribution in [2.24, 2.45) is 22.2 Å². The third-order valence-corrected chi connectivity index (χ3v) is 7.52. The fourth-order valence-electron chi connectivity index (χ4n) is 4.83. The van der Waals surface area contributed by atoms with Crippen molar-refractivity contribution in [3.05, 3.63) is 84.1 Å². The molecule has 10 N–H and O–H groups in total. The Balaban J connectivity index is 1.58. The molecule has 0 aliphatic rings. The number of carbonyl (C=O) groups excluding carboxylic acids is 4. The number of nitrogens with one attached hydrogen (secondary N) is 4. The fraction of sp³-hybridized carbons (Fsp3) is 0.258. The minimum Gasteiger partial charge on any atom is -0.370 e. The van der Waals surface area contributed by atoms with Crippen LogP contribution in [0.15, 0.2) is 77.9 Å². The number of benzene rings is 3. The minimum absolute atomic E-state index is 0.0238. The summed E-state index contributed by atoms with van der Waals surface area (Å²) in [5.41, 5.74) is 18.3. The number of thiol groups is 1. The Morgan fingerprint density at radius 1 is 0.818 bits per heavy atom. The van der Waals surface area contributed by atoms with Gasteiger partial charge in [0, 0.05) is 41.4 Å². The zero-order chi connectivity index (χ0) is 31.6. The molecule has 0 saturated carbocycles. The molecule has 0 bridgehead atoms. The quantitative estimate of drug-likeness (QED) is 0.0450. The van der Waals surface area contributed by atoms with Crippen LogP contribution < -0.4 is 33.2 Å². The molecule has 3 atom stereocenters. The van der Waals surface area contributed by atoms with E-state index in [0.717, 1.165) is 27.2 Å². The highest BCUT2D eigenvalue weighted by Gasteiger charge is 2.30. The van der Waals surface area contributed by atoms with E-state index >= 15 is 0 Å². The molecule has 0 fully saturated rings. The first-order valence-electron chi connectivity index (χ1n) is 14.1. The summed E-state index contributed by atoms with van der Waals surface area (Å²) in [6, 6.07) is 17.2. The average molecular weight is 617 g/mol. The van der Waals surface area contributed by atoms with E-state index in [1.807, 2.05) is 54.6 Å². The smallest absolute Gasteiger partial charge is 0.251 e. The standard InChI is InChI=1S/C31H36N8O4S/c32-27(40)26(17-44)39-30(43)25(15-21-16-36-23-9-4-3-8-22(21)23)38-29(42)24(10-5-13-35-31(33)34)37-28(41)20-12-11-18-6-1-2-7-19(18)14-20/h1-4,6-9,11-12,14,16,24-26,36,44H,5,10,13,15,17H2,(H2,32,40)(H,37,41)(H,38,42)(H,39,43)(H4,33,34,35)/t24-,25-,26-/m0/s1. The predicted octanol–water partition coefficient (Wildman–Crippen LogP) is 1.10. The molecule has 0 unspecified atom stereocenters. The van der Waals surface area contributed by atoms with E-state index in [0.29, 0.717) is 12.0 Å². The summed E-state index contributed by atoms with van der Waals surface area (Å²) in [6.45, 7) is 0.236. The third-order valence-electron chi connectivity index (χ3n) is 7.15. The summed E-state index contributed by atoms with van der Waals surface area (Å²) < 4.78 is 0. The van der Waals surface area contributed by atoms with Crippen LogP contribution in [-0.2, 0) is 20.8 Å². The largest absolute Gasteiger partial charge is 0.370 e. The lowest BCUT2D eigenvalue weighted by molar-refractivity contribution is -0.131. The molecular formula is C31H36N8O4S. The fourth-order valence-corrected chi connectivity index (χ4v) is 5.10. The number of guanidine groups is 1. The Hall–Kier alpha value is -5.04. The number of primary amides is 1. The van der Waals surface area contributed by atoms with E-state index < -0.39 is 41.8 Å². The number of para-hydroxylation sites is 1. The lowest BCUT2D eigenvalue weighted by atomic mass is 10.0. The molecule has 1 heterocycles. The zero-order valence-corrected chi connectivity index (χ0v) is 24.8. The maximum absolute atomic E-state index is 13.7. The minimum atomic E-state index is -1.11. The van der Waals surface area contributed by atoms with Crippen molar-refractivity contribution in [3.63, 3.8) is 0 Å². The molecule has 0 radical (unpaired) electrons. The molecule has 3 aromatic carbocycles. The van der Waals surface area contributed by atoms with Gasteiger partial charge in [-0.2, -0.15) is 12.6 Å². The monoisotopic (exact) mass is 616 g/mol. The maximum atomic E-state index is 13.7. The first kappa shape index (κ1) is 31.9. The predicted molar refractivity (Wildman–Crippen MR) is 174 cm³/mol. The summed E-state index contributed by atoms with van der Waals surface area (Å²) in [5.74, 6) is -2.55. The van der Waals surface area contributed by atoms with Crippen molar-refractivity contribution >= 4 is 63.9 Å². The number of hydrogen-bond donors (Lipinski definition) is 8. The number of aliphatic imine (C=N–C) groups is 1. The van der Waals surface area contributed by atoms with Gasteiger partial charge in [0.25, 0.3) is 5.91 Å². The Labute approximate surface area is 259 Å². The molecule has 44 heavy (non-hydrogen) atoms. The van der Waals surface area contributed by atoms with Gasteiger partial charge in [0.1, 0.15) is 18.1 Å². The molecule has 4 aromatic rings. The van der Waals surface area contributed by atoms with Crippen LogP contribution in [0.5, 0.6) is 0 Å². The number of hydrogen-bond acceptors (Lipinski definition) is 6. The van der Waals surface area contributed by atoms with Gasteiger partial charge in [-0.05, 0) is 47.4 Å². The van der Waals surface area contributed by atoms with Crippen molar-refractivity contribution < 1.29 is 19.2 Å². The number of rotatable bonds is 14. The van der Waals surface area contributed by atoms with Crippen molar-refractivity contribution in [2.75, 3.05) is 12.3 Å². The van der Waals surface area contributed by atoms with Gasteiger partial charge in [-0.3, -0.25) is 24.2 Å². The highest BCUT2D eigenvalue weighted by Crippen LogP contribution is 2.20. The van der Waals surface area contributed by atoms with E-state index in [9.17, 15) is 19.2 Å². The number of fused-ring (bicyclic) bond motifs is 2.